The molecule has 0 aliphatic heterocycles. The molecule has 0 radical (unpaired) electrons. The third kappa shape index (κ3) is 3.19. The number of aromatic nitrogens is 1. The summed E-state index contributed by atoms with van der Waals surface area (Å²) >= 11 is 0. The summed E-state index contributed by atoms with van der Waals surface area (Å²) in [5.74, 6) is 0.0388. The first-order chi connectivity index (χ1) is 12.9. The lowest BCUT2D eigenvalue weighted by atomic mass is 10.0. The number of hydrogen-bond donors (Lipinski definition) is 1. The van der Waals surface area contributed by atoms with Crippen LogP contribution in [0.15, 0.2) is 24.3 Å². The smallest absolute Gasteiger partial charge is 0.163 e. The van der Waals surface area contributed by atoms with Gasteiger partial charge in [0, 0.05) is 40.9 Å². The number of carbonyl (C=O) groups is 2. The number of hydrogen-bond acceptors (Lipinski definition) is 4. The minimum Gasteiger partial charge on any atom is -0.507 e. The molecular formula is C22H25ClN2O3. The lowest BCUT2D eigenvalue weighted by Crippen LogP contribution is -2.15. The summed E-state index contributed by atoms with van der Waals surface area (Å²) in [6, 6.07) is 7.43. The van der Waals surface area contributed by atoms with Crippen molar-refractivity contribution in [2.75, 3.05) is 20.6 Å². The lowest BCUT2D eigenvalue weighted by Gasteiger charge is -2.12. The van der Waals surface area contributed by atoms with E-state index in [0.717, 1.165) is 58.9 Å². The molecule has 1 heterocycles. The van der Waals surface area contributed by atoms with E-state index in [2.05, 4.69) is 23.6 Å². The molecule has 0 fully saturated rings. The first-order valence-corrected chi connectivity index (χ1v) is 9.38. The van der Waals surface area contributed by atoms with Gasteiger partial charge in [-0.3, -0.25) is 9.59 Å². The van der Waals surface area contributed by atoms with E-state index in [0.29, 0.717) is 12.0 Å². The highest BCUT2D eigenvalue weighted by Gasteiger charge is 2.25. The van der Waals surface area contributed by atoms with Crippen LogP contribution in [0, 0.1) is 0 Å². The molecule has 5 nitrogen and oxygen atoms in total. The van der Waals surface area contributed by atoms with Gasteiger partial charge in [0.2, 0.25) is 0 Å². The Morgan fingerprint density at radius 1 is 1.18 bits per heavy atom. The molecule has 0 amide bonds. The van der Waals surface area contributed by atoms with Gasteiger partial charge < -0.3 is 14.6 Å². The highest BCUT2D eigenvalue weighted by Crippen LogP contribution is 2.39. The van der Waals surface area contributed by atoms with Crippen LogP contribution in [0.3, 0.4) is 0 Å². The summed E-state index contributed by atoms with van der Waals surface area (Å²) in [4.78, 5) is 26.3. The summed E-state index contributed by atoms with van der Waals surface area (Å²) in [6.07, 6.45) is 2.25. The molecule has 6 heteroatoms. The fraction of sp³-hybridized carbons (Fsp3) is 0.364. The van der Waals surface area contributed by atoms with E-state index in [1.165, 1.54) is 6.92 Å². The van der Waals surface area contributed by atoms with Crippen molar-refractivity contribution in [3.8, 4) is 5.75 Å². The quantitative estimate of drug-likeness (QED) is 0.652. The zero-order valence-corrected chi connectivity index (χ0v) is 17.2. The first kappa shape index (κ1) is 20.4. The molecule has 1 aliphatic rings. The standard InChI is InChI=1S/C22H24N2O3.ClH/c1-13(25)16-11-17-19(12-21(16)27)24(10-4-9-23(2)3)18-7-5-14-15(22(17)18)6-8-20(14)26;/h5,7,11-12,27H,4,6,8-10H2,1-3H3;1H. The summed E-state index contributed by atoms with van der Waals surface area (Å²) in [7, 11) is 4.10. The fourth-order valence-corrected chi connectivity index (χ4v) is 4.25. The molecule has 1 aliphatic carbocycles. The first-order valence-electron chi connectivity index (χ1n) is 9.38. The van der Waals surface area contributed by atoms with Crippen LogP contribution in [0.1, 0.15) is 46.0 Å². The number of phenolic OH excluding ortho intramolecular Hbond substituents is 1. The maximum absolute atomic E-state index is 12.2. The van der Waals surface area contributed by atoms with Crippen molar-refractivity contribution >= 4 is 45.8 Å². The number of rotatable bonds is 5. The Bertz CT molecular complexity index is 1100. The molecular weight excluding hydrogens is 376 g/mol. The minimum atomic E-state index is -0.161. The van der Waals surface area contributed by atoms with Crippen molar-refractivity contribution in [3.63, 3.8) is 0 Å². The third-order valence-corrected chi connectivity index (χ3v) is 5.52. The van der Waals surface area contributed by atoms with Crippen LogP contribution in [0.25, 0.3) is 21.8 Å². The van der Waals surface area contributed by atoms with Crippen molar-refractivity contribution in [2.24, 2.45) is 0 Å². The topological polar surface area (TPSA) is 62.5 Å². The van der Waals surface area contributed by atoms with Crippen molar-refractivity contribution in [3.05, 3.63) is 41.0 Å². The second-order valence-electron chi connectivity index (χ2n) is 7.66. The van der Waals surface area contributed by atoms with Gasteiger partial charge in [-0.1, -0.05) is 0 Å². The average molecular weight is 401 g/mol. The van der Waals surface area contributed by atoms with Gasteiger partial charge in [-0.25, -0.2) is 0 Å². The molecule has 0 spiro atoms. The number of Topliss-reactive ketones (excluding diaryl/α,β-unsaturated/α-hetero) is 2. The van der Waals surface area contributed by atoms with Crippen LogP contribution in [-0.2, 0) is 13.0 Å². The van der Waals surface area contributed by atoms with Crippen LogP contribution in [0.4, 0.5) is 0 Å². The van der Waals surface area contributed by atoms with Crippen molar-refractivity contribution in [1.82, 2.24) is 9.47 Å². The second kappa shape index (κ2) is 7.57. The van der Waals surface area contributed by atoms with E-state index in [1.807, 2.05) is 12.1 Å². The van der Waals surface area contributed by atoms with E-state index in [9.17, 15) is 14.7 Å². The molecule has 0 unspecified atom stereocenters. The molecule has 0 bridgehead atoms. The molecule has 0 atom stereocenters. The Kier molecular flexibility index (Phi) is 5.50. The van der Waals surface area contributed by atoms with Gasteiger partial charge in [-0.15, -0.1) is 12.4 Å². The molecule has 1 N–H and O–H groups in total. The van der Waals surface area contributed by atoms with Gasteiger partial charge in [0.05, 0.1) is 11.1 Å². The Balaban J connectivity index is 0.00000225. The second-order valence-corrected chi connectivity index (χ2v) is 7.66. The number of phenols is 1. The summed E-state index contributed by atoms with van der Waals surface area (Å²) < 4.78 is 2.21. The highest BCUT2D eigenvalue weighted by atomic mass is 35.5. The normalized spacial score (nSPS) is 13.4. The van der Waals surface area contributed by atoms with Gasteiger partial charge in [0.25, 0.3) is 0 Å². The minimum absolute atomic E-state index is 0. The van der Waals surface area contributed by atoms with E-state index in [1.54, 1.807) is 12.1 Å². The van der Waals surface area contributed by atoms with E-state index in [4.69, 9.17) is 0 Å². The molecule has 0 saturated carbocycles. The predicted octanol–water partition coefficient (Wildman–Crippen LogP) is 4.21. The summed E-state index contributed by atoms with van der Waals surface area (Å²) in [6.45, 7) is 3.23. The van der Waals surface area contributed by atoms with Gasteiger partial charge in [-0.2, -0.15) is 0 Å². The van der Waals surface area contributed by atoms with E-state index >= 15 is 0 Å². The Labute approximate surface area is 170 Å². The van der Waals surface area contributed by atoms with Crippen LogP contribution in [0.2, 0.25) is 0 Å². The van der Waals surface area contributed by atoms with E-state index in [-0.39, 0.29) is 29.7 Å². The lowest BCUT2D eigenvalue weighted by molar-refractivity contribution is 0.0991. The Morgan fingerprint density at radius 3 is 2.61 bits per heavy atom. The summed E-state index contributed by atoms with van der Waals surface area (Å²) in [5.41, 5.74) is 4.19. The number of aryl methyl sites for hydroxylation is 2. The highest BCUT2D eigenvalue weighted by molar-refractivity contribution is 6.16. The van der Waals surface area contributed by atoms with Crippen LogP contribution < -0.4 is 0 Å². The summed E-state index contributed by atoms with van der Waals surface area (Å²) in [5, 5.41) is 12.4. The molecule has 28 heavy (non-hydrogen) atoms. The van der Waals surface area contributed by atoms with Gasteiger partial charge in [0.15, 0.2) is 11.6 Å². The number of aromatic hydroxyl groups is 1. The van der Waals surface area contributed by atoms with E-state index < -0.39 is 0 Å². The Hall–Kier alpha value is -2.37. The van der Waals surface area contributed by atoms with Crippen LogP contribution in [0.5, 0.6) is 5.75 Å². The number of carbonyl (C=O) groups excluding carboxylic acids is 2. The third-order valence-electron chi connectivity index (χ3n) is 5.52. The number of benzene rings is 2. The van der Waals surface area contributed by atoms with Crippen molar-refractivity contribution in [1.29, 1.82) is 0 Å². The van der Waals surface area contributed by atoms with Gasteiger partial charge >= 0.3 is 0 Å². The Morgan fingerprint density at radius 2 is 1.93 bits per heavy atom. The SMILES string of the molecule is CC(=O)c1cc2c3c4c(ccc3n(CCCN(C)C)c2cc1O)C(=O)CC4.Cl. The largest absolute Gasteiger partial charge is 0.507 e. The maximum Gasteiger partial charge on any atom is 0.163 e. The van der Waals surface area contributed by atoms with Crippen LogP contribution in [-0.4, -0.2) is 46.8 Å². The van der Waals surface area contributed by atoms with Crippen molar-refractivity contribution < 1.29 is 14.7 Å². The zero-order valence-electron chi connectivity index (χ0n) is 16.4. The molecule has 3 aromatic rings. The molecule has 4 rings (SSSR count). The number of halogens is 1. The number of ketones is 2. The monoisotopic (exact) mass is 400 g/mol. The van der Waals surface area contributed by atoms with Crippen LogP contribution >= 0.6 is 12.4 Å². The molecule has 148 valence electrons. The molecule has 1 aromatic heterocycles. The van der Waals surface area contributed by atoms with Gasteiger partial charge in [-0.05, 0) is 64.2 Å². The maximum atomic E-state index is 12.2. The number of nitrogens with zero attached hydrogens (tertiary/aromatic N) is 2. The molecule has 0 saturated heterocycles. The van der Waals surface area contributed by atoms with Crippen molar-refractivity contribution in [2.45, 2.75) is 32.7 Å². The zero-order chi connectivity index (χ0) is 19.3. The average Bonchev–Trinajstić information content (AvgIpc) is 3.12. The van der Waals surface area contributed by atoms with Gasteiger partial charge in [0.1, 0.15) is 5.75 Å². The number of fused-ring (bicyclic) bond motifs is 5. The predicted molar refractivity (Wildman–Crippen MR) is 114 cm³/mol. The molecule has 2 aromatic carbocycles. The fourth-order valence-electron chi connectivity index (χ4n) is 4.25.